The molecular formula is C13H18S. The molecule has 1 aliphatic heterocycles. The maximum atomic E-state index is 2.40. The Hall–Kier alpha value is -0.430. The van der Waals surface area contributed by atoms with Gasteiger partial charge in [0.25, 0.3) is 0 Å². The number of hydrogen-bond donors (Lipinski definition) is 0. The molecule has 0 spiro atoms. The molecular weight excluding hydrogens is 188 g/mol. The van der Waals surface area contributed by atoms with Gasteiger partial charge in [-0.25, -0.2) is 0 Å². The van der Waals surface area contributed by atoms with Crippen molar-refractivity contribution in [3.8, 4) is 0 Å². The van der Waals surface area contributed by atoms with Crippen molar-refractivity contribution in [3.63, 3.8) is 0 Å². The predicted molar refractivity (Wildman–Crippen MR) is 65.2 cm³/mol. The summed E-state index contributed by atoms with van der Waals surface area (Å²) < 4.78 is 0. The van der Waals surface area contributed by atoms with Crippen LogP contribution in [0.4, 0.5) is 0 Å². The van der Waals surface area contributed by atoms with Gasteiger partial charge < -0.3 is 0 Å². The lowest BCUT2D eigenvalue weighted by molar-refractivity contribution is 0.540. The normalized spacial score (nSPS) is 26.8. The molecule has 1 fully saturated rings. The molecule has 1 aromatic carbocycles. The molecule has 0 nitrogen and oxygen atoms in total. The van der Waals surface area contributed by atoms with Crippen LogP contribution in [-0.2, 0) is 5.41 Å². The first-order valence-electron chi connectivity index (χ1n) is 5.27. The largest absolute Gasteiger partial charge is 0.161 e. The fourth-order valence-electron chi connectivity index (χ4n) is 2.01. The van der Waals surface area contributed by atoms with Crippen LogP contribution in [0.5, 0.6) is 0 Å². The maximum absolute atomic E-state index is 2.40. The van der Waals surface area contributed by atoms with Gasteiger partial charge in [0.2, 0.25) is 0 Å². The van der Waals surface area contributed by atoms with Crippen LogP contribution in [0.1, 0.15) is 30.0 Å². The summed E-state index contributed by atoms with van der Waals surface area (Å²) in [6.07, 6.45) is 1.33. The Labute approximate surface area is 91.1 Å². The molecule has 1 heterocycles. The van der Waals surface area contributed by atoms with Crippen molar-refractivity contribution in [3.05, 3.63) is 34.9 Å². The third-order valence-electron chi connectivity index (χ3n) is 3.42. The van der Waals surface area contributed by atoms with E-state index in [1.54, 1.807) is 0 Å². The van der Waals surface area contributed by atoms with Gasteiger partial charge in [-0.05, 0) is 42.7 Å². The number of hydrogen-bond acceptors (Lipinski definition) is 1. The van der Waals surface area contributed by atoms with Crippen LogP contribution >= 0.6 is 11.8 Å². The fraction of sp³-hybridized carbons (Fsp3) is 0.538. The smallest absolute Gasteiger partial charge is 0.00275 e. The van der Waals surface area contributed by atoms with E-state index in [0.29, 0.717) is 5.41 Å². The van der Waals surface area contributed by atoms with E-state index in [9.17, 15) is 0 Å². The van der Waals surface area contributed by atoms with E-state index in [4.69, 9.17) is 0 Å². The van der Waals surface area contributed by atoms with Crippen molar-refractivity contribution >= 4 is 11.8 Å². The quantitative estimate of drug-likeness (QED) is 0.675. The third kappa shape index (κ3) is 1.70. The number of rotatable bonds is 1. The summed E-state index contributed by atoms with van der Waals surface area (Å²) in [7, 11) is 0. The first kappa shape index (κ1) is 10.1. The highest BCUT2D eigenvalue weighted by Gasteiger charge is 2.30. The minimum atomic E-state index is 0.434. The van der Waals surface area contributed by atoms with E-state index in [2.05, 4.69) is 50.7 Å². The first-order chi connectivity index (χ1) is 6.62. The predicted octanol–water partition coefficient (Wildman–Crippen LogP) is 3.70. The molecule has 1 atom stereocenters. The number of benzene rings is 1. The zero-order chi connectivity index (χ0) is 10.2. The van der Waals surface area contributed by atoms with E-state index >= 15 is 0 Å². The van der Waals surface area contributed by atoms with Crippen molar-refractivity contribution < 1.29 is 0 Å². The Morgan fingerprint density at radius 3 is 2.57 bits per heavy atom. The molecule has 0 amide bonds. The molecule has 0 saturated carbocycles. The molecule has 76 valence electrons. The number of thioether (sulfide) groups is 1. The molecule has 1 heteroatoms. The highest BCUT2D eigenvalue weighted by atomic mass is 32.2. The van der Waals surface area contributed by atoms with Crippen LogP contribution in [0.3, 0.4) is 0 Å². The van der Waals surface area contributed by atoms with E-state index < -0.39 is 0 Å². The average Bonchev–Trinajstić information content (AvgIpc) is 2.58. The van der Waals surface area contributed by atoms with Gasteiger partial charge in [-0.3, -0.25) is 0 Å². The molecule has 2 rings (SSSR count). The zero-order valence-corrected chi connectivity index (χ0v) is 10.1. The van der Waals surface area contributed by atoms with Gasteiger partial charge in [-0.15, -0.1) is 0 Å². The monoisotopic (exact) mass is 206 g/mol. The molecule has 0 radical (unpaired) electrons. The molecule has 0 aromatic heterocycles. The lowest BCUT2D eigenvalue weighted by atomic mass is 9.81. The zero-order valence-electron chi connectivity index (χ0n) is 9.26. The molecule has 1 saturated heterocycles. The molecule has 1 aromatic rings. The molecule has 0 N–H and O–H groups in total. The average molecular weight is 206 g/mol. The summed E-state index contributed by atoms with van der Waals surface area (Å²) in [6.45, 7) is 6.80. The van der Waals surface area contributed by atoms with Gasteiger partial charge in [0.05, 0.1) is 0 Å². The Bertz CT molecular complexity index is 335. The van der Waals surface area contributed by atoms with Crippen molar-refractivity contribution in [1.82, 2.24) is 0 Å². The van der Waals surface area contributed by atoms with Gasteiger partial charge >= 0.3 is 0 Å². The standard InChI is InChI=1S/C13H18S/c1-10-4-5-12(8-11(10)2)13(3)6-7-14-9-13/h4-5,8H,6-7,9H2,1-3H3. The topological polar surface area (TPSA) is 0 Å². The van der Waals surface area contributed by atoms with Crippen LogP contribution < -0.4 is 0 Å². The van der Waals surface area contributed by atoms with Crippen LogP contribution in [0, 0.1) is 13.8 Å². The Morgan fingerprint density at radius 2 is 2.00 bits per heavy atom. The van der Waals surface area contributed by atoms with Crippen molar-refractivity contribution in [2.24, 2.45) is 0 Å². The van der Waals surface area contributed by atoms with Gasteiger partial charge in [0.1, 0.15) is 0 Å². The highest BCUT2D eigenvalue weighted by molar-refractivity contribution is 7.99. The summed E-state index contributed by atoms with van der Waals surface area (Å²) in [5.41, 5.74) is 4.80. The Kier molecular flexibility index (Phi) is 2.61. The fourth-order valence-corrected chi connectivity index (χ4v) is 3.51. The molecule has 1 unspecified atom stereocenters. The minimum Gasteiger partial charge on any atom is -0.161 e. The lowest BCUT2D eigenvalue weighted by Gasteiger charge is -2.24. The van der Waals surface area contributed by atoms with Gasteiger partial charge in [0.15, 0.2) is 0 Å². The molecule has 1 aliphatic rings. The van der Waals surface area contributed by atoms with Crippen LogP contribution in [-0.4, -0.2) is 11.5 Å². The van der Waals surface area contributed by atoms with Crippen molar-refractivity contribution in [1.29, 1.82) is 0 Å². The summed E-state index contributed by atoms with van der Waals surface area (Å²) in [5.74, 6) is 2.61. The van der Waals surface area contributed by atoms with Crippen LogP contribution in [0.25, 0.3) is 0 Å². The minimum absolute atomic E-state index is 0.434. The first-order valence-corrected chi connectivity index (χ1v) is 6.43. The SMILES string of the molecule is Cc1ccc(C2(C)CCSC2)cc1C. The van der Waals surface area contributed by atoms with Gasteiger partial charge in [-0.2, -0.15) is 11.8 Å². The second-order valence-electron chi connectivity index (χ2n) is 4.66. The van der Waals surface area contributed by atoms with Gasteiger partial charge in [-0.1, -0.05) is 25.1 Å². The van der Waals surface area contributed by atoms with E-state index in [0.717, 1.165) is 0 Å². The van der Waals surface area contributed by atoms with E-state index in [1.807, 2.05) is 0 Å². The van der Waals surface area contributed by atoms with Crippen LogP contribution in [0.15, 0.2) is 18.2 Å². The molecule has 0 bridgehead atoms. The van der Waals surface area contributed by atoms with Crippen molar-refractivity contribution in [2.45, 2.75) is 32.6 Å². The number of aryl methyl sites for hydroxylation is 2. The van der Waals surface area contributed by atoms with Crippen molar-refractivity contribution in [2.75, 3.05) is 11.5 Å². The Morgan fingerprint density at radius 1 is 1.21 bits per heavy atom. The molecule has 0 aliphatic carbocycles. The Balaban J connectivity index is 2.36. The lowest BCUT2D eigenvalue weighted by Crippen LogP contribution is -2.20. The summed E-state index contributed by atoms with van der Waals surface area (Å²) >= 11 is 2.09. The second kappa shape index (κ2) is 3.62. The third-order valence-corrected chi connectivity index (χ3v) is 4.76. The summed E-state index contributed by atoms with van der Waals surface area (Å²) in [4.78, 5) is 0. The van der Waals surface area contributed by atoms with Gasteiger partial charge in [0, 0.05) is 11.2 Å². The van der Waals surface area contributed by atoms with E-state index in [1.165, 1.54) is 34.6 Å². The second-order valence-corrected chi connectivity index (χ2v) is 5.77. The maximum Gasteiger partial charge on any atom is 0.00275 e. The highest BCUT2D eigenvalue weighted by Crippen LogP contribution is 2.38. The van der Waals surface area contributed by atoms with Crippen LogP contribution in [0.2, 0.25) is 0 Å². The molecule has 14 heavy (non-hydrogen) atoms. The summed E-state index contributed by atoms with van der Waals surface area (Å²) in [6, 6.07) is 6.95. The summed E-state index contributed by atoms with van der Waals surface area (Å²) in [5, 5.41) is 0. The van der Waals surface area contributed by atoms with E-state index in [-0.39, 0.29) is 0 Å².